The monoisotopic (exact) mass is 462 g/mol. The smallest absolute Gasteiger partial charge is 0.261 e. The molecule has 0 radical (unpaired) electrons. The molecular weight excluding hydrogens is 440 g/mol. The van der Waals surface area contributed by atoms with Crippen LogP contribution in [0.3, 0.4) is 0 Å². The number of nitrogens with zero attached hydrogens (tertiary/aromatic N) is 2. The highest BCUT2D eigenvalue weighted by molar-refractivity contribution is 6.21. The van der Waals surface area contributed by atoms with Gasteiger partial charge in [0.2, 0.25) is 0 Å². The summed E-state index contributed by atoms with van der Waals surface area (Å²) in [5, 5.41) is 3.13. The molecule has 0 spiro atoms. The first-order chi connectivity index (χ1) is 17.2. The Morgan fingerprint density at radius 3 is 2.37 bits per heavy atom. The summed E-state index contributed by atoms with van der Waals surface area (Å²) in [6.07, 6.45) is 4.24. The number of amides is 2. The zero-order valence-electron chi connectivity index (χ0n) is 18.9. The van der Waals surface area contributed by atoms with Crippen molar-refractivity contribution in [1.29, 1.82) is 0 Å². The van der Waals surface area contributed by atoms with Gasteiger partial charge >= 0.3 is 0 Å². The fourth-order valence-electron chi connectivity index (χ4n) is 4.57. The zero-order valence-corrected chi connectivity index (χ0v) is 18.9. The van der Waals surface area contributed by atoms with Crippen molar-refractivity contribution in [3.8, 4) is 11.3 Å². The number of para-hydroxylation sites is 1. The molecule has 0 saturated carbocycles. The highest BCUT2D eigenvalue weighted by atomic mass is 16.5. The van der Waals surface area contributed by atoms with Crippen LogP contribution in [0.15, 0.2) is 89.6 Å². The normalized spacial score (nSPS) is 13.2. The van der Waals surface area contributed by atoms with E-state index in [1.54, 1.807) is 24.3 Å². The van der Waals surface area contributed by atoms with E-state index in [-0.39, 0.29) is 11.8 Å². The number of carbonyl (C=O) groups excluding carboxylic acids is 2. The third-order valence-corrected chi connectivity index (χ3v) is 6.33. The molecule has 0 fully saturated rings. The van der Waals surface area contributed by atoms with Crippen LogP contribution in [-0.4, -0.2) is 34.8 Å². The summed E-state index contributed by atoms with van der Waals surface area (Å²) in [6.45, 7) is 1.21. The second kappa shape index (κ2) is 8.81. The lowest BCUT2D eigenvalue weighted by atomic mass is 10.0. The molecule has 5 aromatic rings. The van der Waals surface area contributed by atoms with E-state index < -0.39 is 0 Å². The van der Waals surface area contributed by atoms with Gasteiger partial charge in [0.25, 0.3) is 11.8 Å². The van der Waals surface area contributed by atoms with Crippen LogP contribution in [0.4, 0.5) is 0 Å². The Bertz CT molecular complexity index is 1520. The molecular formula is C29H22N2O4. The lowest BCUT2D eigenvalue weighted by molar-refractivity contribution is 0.0619. The number of pyridine rings is 1. The number of furan rings is 1. The van der Waals surface area contributed by atoms with Crippen molar-refractivity contribution < 1.29 is 18.7 Å². The molecule has 0 unspecified atom stereocenters. The van der Waals surface area contributed by atoms with Crippen LogP contribution in [0.5, 0.6) is 0 Å². The third-order valence-electron chi connectivity index (χ3n) is 6.33. The Morgan fingerprint density at radius 2 is 1.57 bits per heavy atom. The predicted molar refractivity (Wildman–Crippen MR) is 133 cm³/mol. The maximum atomic E-state index is 12.5. The Hall–Kier alpha value is -4.29. The van der Waals surface area contributed by atoms with Crippen molar-refractivity contribution in [3.63, 3.8) is 0 Å². The van der Waals surface area contributed by atoms with Crippen molar-refractivity contribution in [2.75, 3.05) is 13.2 Å². The van der Waals surface area contributed by atoms with Crippen LogP contribution in [-0.2, 0) is 11.3 Å². The van der Waals surface area contributed by atoms with Crippen LogP contribution in [0, 0.1) is 0 Å². The van der Waals surface area contributed by atoms with Gasteiger partial charge in [0.15, 0.2) is 0 Å². The molecule has 6 nitrogen and oxygen atoms in total. The van der Waals surface area contributed by atoms with Crippen molar-refractivity contribution in [3.05, 3.63) is 102 Å². The second-order valence-electron chi connectivity index (χ2n) is 8.60. The molecule has 3 aromatic carbocycles. The van der Waals surface area contributed by atoms with Crippen LogP contribution < -0.4 is 0 Å². The van der Waals surface area contributed by atoms with Gasteiger partial charge in [-0.15, -0.1) is 0 Å². The van der Waals surface area contributed by atoms with E-state index in [0.29, 0.717) is 37.3 Å². The number of hydrogen-bond donors (Lipinski definition) is 0. The van der Waals surface area contributed by atoms with Crippen molar-refractivity contribution >= 4 is 33.6 Å². The van der Waals surface area contributed by atoms with Gasteiger partial charge in [-0.25, -0.2) is 0 Å². The number of fused-ring (bicyclic) bond motifs is 3. The summed E-state index contributed by atoms with van der Waals surface area (Å²) >= 11 is 0. The molecule has 0 bridgehead atoms. The molecule has 3 heterocycles. The summed E-state index contributed by atoms with van der Waals surface area (Å²) in [4.78, 5) is 30.6. The quantitative estimate of drug-likeness (QED) is 0.224. The first-order valence-electron chi connectivity index (χ1n) is 11.6. The largest absolute Gasteiger partial charge is 0.456 e. The van der Waals surface area contributed by atoms with Gasteiger partial charge in [-0.3, -0.25) is 19.5 Å². The van der Waals surface area contributed by atoms with E-state index in [2.05, 4.69) is 11.1 Å². The molecule has 172 valence electrons. The maximum absolute atomic E-state index is 12.5. The average molecular weight is 463 g/mol. The molecule has 35 heavy (non-hydrogen) atoms. The summed E-state index contributed by atoms with van der Waals surface area (Å²) in [7, 11) is 0. The lowest BCUT2D eigenvalue weighted by Gasteiger charge is -2.13. The number of carbonyl (C=O) groups is 2. The molecule has 0 atom stereocenters. The fraction of sp³-hybridized carbons (Fsp3) is 0.138. The van der Waals surface area contributed by atoms with Gasteiger partial charge in [0, 0.05) is 41.9 Å². The Morgan fingerprint density at radius 1 is 0.800 bits per heavy atom. The molecule has 0 N–H and O–H groups in total. The summed E-state index contributed by atoms with van der Waals surface area (Å²) in [6, 6.07) is 23.1. The molecule has 6 heteroatoms. The summed E-state index contributed by atoms with van der Waals surface area (Å²) in [5.41, 5.74) is 3.76. The SMILES string of the molecule is O=C1c2ccccc2C(=O)N1CCCOCc1ccc2cncc(-c3cc4ccccc4o3)c2c1. The Labute approximate surface area is 201 Å². The summed E-state index contributed by atoms with van der Waals surface area (Å²) < 4.78 is 12.0. The van der Waals surface area contributed by atoms with E-state index >= 15 is 0 Å². The first-order valence-corrected chi connectivity index (χ1v) is 11.6. The molecule has 6 rings (SSSR count). The molecule has 1 aliphatic rings. The highest BCUT2D eigenvalue weighted by Gasteiger charge is 2.34. The zero-order chi connectivity index (χ0) is 23.8. The van der Waals surface area contributed by atoms with Crippen LogP contribution in [0.2, 0.25) is 0 Å². The minimum Gasteiger partial charge on any atom is -0.456 e. The van der Waals surface area contributed by atoms with Gasteiger partial charge in [-0.05, 0) is 47.7 Å². The van der Waals surface area contributed by atoms with E-state index in [4.69, 9.17) is 9.15 Å². The number of ether oxygens (including phenoxy) is 1. The van der Waals surface area contributed by atoms with E-state index in [1.807, 2.05) is 54.9 Å². The van der Waals surface area contributed by atoms with Crippen LogP contribution in [0.25, 0.3) is 33.1 Å². The van der Waals surface area contributed by atoms with Gasteiger partial charge < -0.3 is 9.15 Å². The molecule has 0 aliphatic carbocycles. The van der Waals surface area contributed by atoms with Crippen LogP contribution >= 0.6 is 0 Å². The topological polar surface area (TPSA) is 72.6 Å². The predicted octanol–water partition coefficient (Wildman–Crippen LogP) is 5.85. The fourth-order valence-corrected chi connectivity index (χ4v) is 4.57. The molecule has 0 saturated heterocycles. The van der Waals surface area contributed by atoms with Gasteiger partial charge in [0.05, 0.1) is 17.7 Å². The van der Waals surface area contributed by atoms with Crippen molar-refractivity contribution in [2.45, 2.75) is 13.0 Å². The maximum Gasteiger partial charge on any atom is 0.261 e. The second-order valence-corrected chi connectivity index (χ2v) is 8.60. The van der Waals surface area contributed by atoms with E-state index in [0.717, 1.165) is 38.6 Å². The Balaban J connectivity index is 1.12. The Kier molecular flexibility index (Phi) is 5.35. The third kappa shape index (κ3) is 3.88. The van der Waals surface area contributed by atoms with E-state index in [9.17, 15) is 9.59 Å². The van der Waals surface area contributed by atoms with Crippen molar-refractivity contribution in [2.24, 2.45) is 0 Å². The number of rotatable bonds is 7. The highest BCUT2D eigenvalue weighted by Crippen LogP contribution is 2.33. The van der Waals surface area contributed by atoms with Crippen LogP contribution in [0.1, 0.15) is 32.7 Å². The van der Waals surface area contributed by atoms with E-state index in [1.165, 1.54) is 4.90 Å². The number of benzene rings is 3. The minimum atomic E-state index is -0.230. The first kappa shape index (κ1) is 21.3. The van der Waals surface area contributed by atoms with Gasteiger partial charge in [0.1, 0.15) is 11.3 Å². The van der Waals surface area contributed by atoms with Gasteiger partial charge in [-0.1, -0.05) is 42.5 Å². The number of imide groups is 1. The standard InChI is InChI=1S/C29H22N2O4/c32-28-22-7-2-3-8-23(22)29(33)31(28)12-5-13-34-18-19-10-11-21-16-30-17-25(24(21)14-19)27-15-20-6-1-4-9-26(20)35-27/h1-4,6-11,14-17H,5,12-13,18H2. The van der Waals surface area contributed by atoms with Crippen molar-refractivity contribution in [1.82, 2.24) is 9.88 Å². The molecule has 2 amide bonds. The lowest BCUT2D eigenvalue weighted by Crippen LogP contribution is -2.31. The van der Waals surface area contributed by atoms with Gasteiger partial charge in [-0.2, -0.15) is 0 Å². The summed E-state index contributed by atoms with van der Waals surface area (Å²) in [5.74, 6) is 0.321. The minimum absolute atomic E-state index is 0.230. The number of hydrogen-bond acceptors (Lipinski definition) is 5. The molecule has 1 aliphatic heterocycles. The number of aromatic nitrogens is 1. The molecule has 2 aromatic heterocycles. The average Bonchev–Trinajstić information content (AvgIpc) is 3.43.